The average molecular weight is 279 g/mol. The van der Waals surface area contributed by atoms with Crippen LogP contribution in [0.25, 0.3) is 0 Å². The lowest BCUT2D eigenvalue weighted by atomic mass is 10.4. The largest absolute Gasteiger partial charge is 0.465 e. The summed E-state index contributed by atoms with van der Waals surface area (Å²) in [6, 6.07) is 1.53. The maximum atomic E-state index is 11.2. The molecule has 1 aromatic heterocycles. The van der Waals surface area contributed by atoms with Gasteiger partial charge in [-0.05, 0) is 22.0 Å². The van der Waals surface area contributed by atoms with Crippen LogP contribution in [0.4, 0.5) is 0 Å². The second-order valence-electron chi connectivity index (χ2n) is 2.27. The molecule has 0 radical (unpaired) electrons. The summed E-state index contributed by atoms with van der Waals surface area (Å²) in [4.78, 5) is 23.0. The molecule has 0 spiro atoms. The molecule has 0 atom stereocenters. The van der Waals surface area contributed by atoms with E-state index in [0.717, 1.165) is 11.3 Å². The zero-order valence-electron chi connectivity index (χ0n) is 7.50. The predicted molar refractivity (Wildman–Crippen MR) is 54.7 cm³/mol. The van der Waals surface area contributed by atoms with E-state index in [1.54, 1.807) is 0 Å². The highest BCUT2D eigenvalue weighted by atomic mass is 79.9. The molecule has 0 aromatic carbocycles. The molecule has 1 rings (SSSR count). The summed E-state index contributed by atoms with van der Waals surface area (Å²) >= 11 is 4.19. The van der Waals surface area contributed by atoms with Crippen LogP contribution in [-0.4, -0.2) is 26.2 Å². The summed E-state index contributed by atoms with van der Waals surface area (Å²) in [5.41, 5.74) is 0. The SMILES string of the molecule is COC(=O)c1cc(Br)c(C(=O)OC)s1. The van der Waals surface area contributed by atoms with Gasteiger partial charge in [0.1, 0.15) is 9.75 Å². The summed E-state index contributed by atoms with van der Waals surface area (Å²) in [6.45, 7) is 0. The van der Waals surface area contributed by atoms with E-state index >= 15 is 0 Å². The third-order valence-electron chi connectivity index (χ3n) is 1.44. The molecular weight excluding hydrogens is 272 g/mol. The number of methoxy groups -OCH3 is 2. The lowest BCUT2D eigenvalue weighted by molar-refractivity contribution is 0.0598. The standard InChI is InChI=1S/C8H7BrO4S/c1-12-7(10)5-3-4(9)6(14-5)8(11)13-2/h3H,1-2H3. The molecule has 0 aliphatic carbocycles. The molecule has 0 aliphatic rings. The van der Waals surface area contributed by atoms with Crippen LogP contribution < -0.4 is 0 Å². The number of thiophene rings is 1. The normalized spacial score (nSPS) is 9.64. The van der Waals surface area contributed by atoms with E-state index in [2.05, 4.69) is 25.4 Å². The molecule has 0 bridgehead atoms. The summed E-state index contributed by atoms with van der Waals surface area (Å²) in [5.74, 6) is -0.942. The average Bonchev–Trinajstić information content (AvgIpc) is 2.58. The van der Waals surface area contributed by atoms with Crippen LogP contribution in [0, 0.1) is 0 Å². The molecule has 1 aromatic rings. The molecule has 1 heterocycles. The Balaban J connectivity index is 3.05. The van der Waals surface area contributed by atoms with Gasteiger partial charge in [-0.25, -0.2) is 9.59 Å². The number of halogens is 1. The number of carbonyl (C=O) groups is 2. The molecule has 0 aliphatic heterocycles. The second-order valence-corrected chi connectivity index (χ2v) is 4.18. The van der Waals surface area contributed by atoms with Crippen LogP contribution in [0.15, 0.2) is 10.5 Å². The van der Waals surface area contributed by atoms with Crippen LogP contribution in [0.5, 0.6) is 0 Å². The molecule has 4 nitrogen and oxygen atoms in total. The Morgan fingerprint density at radius 3 is 2.36 bits per heavy atom. The third-order valence-corrected chi connectivity index (χ3v) is 3.43. The molecule has 0 N–H and O–H groups in total. The van der Waals surface area contributed by atoms with Crippen molar-refractivity contribution in [3.05, 3.63) is 20.3 Å². The summed E-state index contributed by atoms with van der Waals surface area (Å²) in [5, 5.41) is 0. The van der Waals surface area contributed by atoms with E-state index in [-0.39, 0.29) is 0 Å². The molecule has 0 saturated carbocycles. The fourth-order valence-corrected chi connectivity index (χ4v) is 2.47. The third kappa shape index (κ3) is 2.13. The van der Waals surface area contributed by atoms with Gasteiger partial charge in [-0.1, -0.05) is 0 Å². The Morgan fingerprint density at radius 2 is 1.86 bits per heavy atom. The molecule has 14 heavy (non-hydrogen) atoms. The summed E-state index contributed by atoms with van der Waals surface area (Å²) in [6.07, 6.45) is 0. The molecule has 0 saturated heterocycles. The van der Waals surface area contributed by atoms with Crippen molar-refractivity contribution in [2.24, 2.45) is 0 Å². The van der Waals surface area contributed by atoms with E-state index in [1.165, 1.54) is 20.3 Å². The van der Waals surface area contributed by atoms with Gasteiger partial charge in [0.2, 0.25) is 0 Å². The van der Waals surface area contributed by atoms with Crippen molar-refractivity contribution in [1.29, 1.82) is 0 Å². The number of carbonyl (C=O) groups excluding carboxylic acids is 2. The van der Waals surface area contributed by atoms with Crippen LogP contribution >= 0.6 is 27.3 Å². The minimum absolute atomic E-state index is 0.355. The Labute approximate surface area is 92.9 Å². The van der Waals surface area contributed by atoms with Crippen molar-refractivity contribution < 1.29 is 19.1 Å². The van der Waals surface area contributed by atoms with Gasteiger partial charge in [0.15, 0.2) is 0 Å². The van der Waals surface area contributed by atoms with E-state index in [4.69, 9.17) is 0 Å². The molecule has 6 heteroatoms. The minimum Gasteiger partial charge on any atom is -0.465 e. The van der Waals surface area contributed by atoms with Crippen molar-refractivity contribution in [2.75, 3.05) is 14.2 Å². The van der Waals surface area contributed by atoms with Crippen LogP contribution in [-0.2, 0) is 9.47 Å². The van der Waals surface area contributed by atoms with Gasteiger partial charge in [-0.2, -0.15) is 0 Å². The number of hydrogen-bond donors (Lipinski definition) is 0. The fraction of sp³-hybridized carbons (Fsp3) is 0.250. The first-order valence-electron chi connectivity index (χ1n) is 3.56. The zero-order chi connectivity index (χ0) is 10.7. The highest BCUT2D eigenvalue weighted by Gasteiger charge is 2.18. The van der Waals surface area contributed by atoms with E-state index < -0.39 is 11.9 Å². The highest BCUT2D eigenvalue weighted by molar-refractivity contribution is 9.10. The van der Waals surface area contributed by atoms with Gasteiger partial charge in [0, 0.05) is 4.47 Å². The van der Waals surface area contributed by atoms with Gasteiger partial charge in [0.05, 0.1) is 14.2 Å². The Hall–Kier alpha value is -0.880. The first kappa shape index (κ1) is 11.2. The Morgan fingerprint density at radius 1 is 1.29 bits per heavy atom. The summed E-state index contributed by atoms with van der Waals surface area (Å²) < 4.78 is 9.59. The Kier molecular flexibility index (Phi) is 3.65. The number of rotatable bonds is 2. The topological polar surface area (TPSA) is 52.6 Å². The minimum atomic E-state index is -0.475. The second kappa shape index (κ2) is 4.56. The van der Waals surface area contributed by atoms with Crippen molar-refractivity contribution in [1.82, 2.24) is 0 Å². The maximum absolute atomic E-state index is 11.2. The predicted octanol–water partition coefficient (Wildman–Crippen LogP) is 2.08. The Bertz CT molecular complexity index is 371. The van der Waals surface area contributed by atoms with Gasteiger partial charge in [-0.3, -0.25) is 0 Å². The number of ether oxygens (including phenoxy) is 2. The highest BCUT2D eigenvalue weighted by Crippen LogP contribution is 2.28. The number of esters is 2. The lowest BCUT2D eigenvalue weighted by Gasteiger charge is -1.94. The van der Waals surface area contributed by atoms with E-state index in [1.807, 2.05) is 0 Å². The molecular formula is C8H7BrO4S. The fourth-order valence-electron chi connectivity index (χ4n) is 0.802. The first-order valence-corrected chi connectivity index (χ1v) is 5.17. The van der Waals surface area contributed by atoms with Crippen molar-refractivity contribution >= 4 is 39.2 Å². The van der Waals surface area contributed by atoms with Crippen LogP contribution in [0.2, 0.25) is 0 Å². The van der Waals surface area contributed by atoms with E-state index in [9.17, 15) is 9.59 Å². The van der Waals surface area contributed by atoms with Crippen molar-refractivity contribution in [3.8, 4) is 0 Å². The first-order chi connectivity index (χ1) is 6.60. The summed E-state index contributed by atoms with van der Waals surface area (Å²) in [7, 11) is 2.57. The van der Waals surface area contributed by atoms with Gasteiger partial charge in [-0.15, -0.1) is 11.3 Å². The molecule has 0 unspecified atom stereocenters. The quantitative estimate of drug-likeness (QED) is 0.778. The van der Waals surface area contributed by atoms with Gasteiger partial charge >= 0.3 is 11.9 Å². The van der Waals surface area contributed by atoms with Gasteiger partial charge in [0.25, 0.3) is 0 Å². The smallest absolute Gasteiger partial charge is 0.349 e. The van der Waals surface area contributed by atoms with Crippen molar-refractivity contribution in [3.63, 3.8) is 0 Å². The van der Waals surface area contributed by atoms with Crippen molar-refractivity contribution in [2.45, 2.75) is 0 Å². The lowest BCUT2D eigenvalue weighted by Crippen LogP contribution is -1.98. The zero-order valence-corrected chi connectivity index (χ0v) is 9.90. The molecule has 0 amide bonds. The van der Waals surface area contributed by atoms with E-state index in [0.29, 0.717) is 14.2 Å². The molecule has 0 fully saturated rings. The van der Waals surface area contributed by atoms with Gasteiger partial charge < -0.3 is 9.47 Å². The monoisotopic (exact) mass is 278 g/mol. The maximum Gasteiger partial charge on any atom is 0.349 e. The molecule has 76 valence electrons. The number of hydrogen-bond acceptors (Lipinski definition) is 5. The van der Waals surface area contributed by atoms with Crippen LogP contribution in [0.3, 0.4) is 0 Å². The van der Waals surface area contributed by atoms with Crippen LogP contribution in [0.1, 0.15) is 19.3 Å².